The molecule has 5 aromatic rings. The smallest absolute Gasteiger partial charge is 0.339 e. The Bertz CT molecular complexity index is 2540. The van der Waals surface area contributed by atoms with E-state index in [4.69, 9.17) is 23.4 Å². The molecule has 0 radical (unpaired) electrons. The minimum absolute atomic E-state index is 0.0601. The molecule has 1 aliphatic carbocycles. The van der Waals surface area contributed by atoms with Crippen LogP contribution in [0.1, 0.15) is 109 Å². The fourth-order valence-corrected chi connectivity index (χ4v) is 9.44. The normalized spacial score (nSPS) is 22.4. The predicted octanol–water partition coefficient (Wildman–Crippen LogP) is 9.55. The van der Waals surface area contributed by atoms with Crippen molar-refractivity contribution in [2.75, 3.05) is 13.7 Å². The molecular formula is C52H54O9. The number of ether oxygens (including phenoxy) is 4. The number of carbonyl (C=O) groups excluding carboxylic acids is 2. The number of aliphatic hydroxyl groups is 1. The average molecular weight is 823 g/mol. The molecule has 1 aromatic heterocycles. The van der Waals surface area contributed by atoms with Gasteiger partial charge in [-0.25, -0.2) is 9.59 Å². The SMILES string of the molecule is COCCc1c(CO)c2ccc3c(c2oc1=O)[C@@H]1OC(=O)C[C@@H]2C[C@H](c4cccc(Cc5ccccc5)c4)C=C[C@@H]2c2ccc(cc2)CCC(=C(C)C)C(=O)O[C@@H]1C(C)(C)O3. The molecule has 3 aliphatic heterocycles. The van der Waals surface area contributed by atoms with Crippen LogP contribution in [0, 0.1) is 5.92 Å². The van der Waals surface area contributed by atoms with Crippen LogP contribution in [0.2, 0.25) is 0 Å². The van der Waals surface area contributed by atoms with Crippen LogP contribution in [0.25, 0.3) is 11.0 Å². The standard InChI is InChI=1S/C52H54O9/c1-31(2)39-20-16-32-14-17-35(18-15-32)40-21-19-37(36-13-9-12-34(27-36)26-33-10-7-6-8-11-33)28-38(40)29-45(54)58-48-46-44(61-52(3,4)49(48)60-50(39)55)23-22-41-43(30-53)42(24-25-57-5)51(56)59-47(41)46/h6-15,17-19,21-23,27,37-38,40,48-49,53H,16,20,24-26,28-30H2,1-5H3/t37-,38+,40-,48+,49+/m1/s1. The highest BCUT2D eigenvalue weighted by Gasteiger charge is 2.51. The molecule has 2 bridgehead atoms. The molecule has 0 saturated carbocycles. The Hall–Kier alpha value is -5.77. The number of benzene rings is 4. The van der Waals surface area contributed by atoms with Crippen LogP contribution in [0.5, 0.6) is 5.75 Å². The Balaban J connectivity index is 1.22. The Morgan fingerprint density at radius 1 is 0.836 bits per heavy atom. The molecule has 61 heavy (non-hydrogen) atoms. The van der Waals surface area contributed by atoms with Crippen LogP contribution in [0.4, 0.5) is 0 Å². The number of fused-ring (bicyclic) bond motifs is 11. The summed E-state index contributed by atoms with van der Waals surface area (Å²) in [7, 11) is 1.54. The summed E-state index contributed by atoms with van der Waals surface area (Å²) in [6, 6.07) is 31.1. The van der Waals surface area contributed by atoms with Gasteiger partial charge in [-0.15, -0.1) is 0 Å². The van der Waals surface area contributed by atoms with Crippen LogP contribution in [0.3, 0.4) is 0 Å². The van der Waals surface area contributed by atoms with Gasteiger partial charge in [0.05, 0.1) is 18.8 Å². The minimum atomic E-state index is -1.22. The topological polar surface area (TPSA) is 122 Å². The number of aliphatic hydroxyl groups excluding tert-OH is 1. The second kappa shape index (κ2) is 17.7. The first-order valence-corrected chi connectivity index (χ1v) is 21.3. The second-order valence-corrected chi connectivity index (χ2v) is 17.4. The lowest BCUT2D eigenvalue weighted by atomic mass is 9.72. The van der Waals surface area contributed by atoms with Gasteiger partial charge < -0.3 is 28.5 Å². The number of hydrogen-bond donors (Lipinski definition) is 1. The van der Waals surface area contributed by atoms with Gasteiger partial charge in [0.1, 0.15) is 16.9 Å². The van der Waals surface area contributed by atoms with Gasteiger partial charge in [0.2, 0.25) is 0 Å². The summed E-state index contributed by atoms with van der Waals surface area (Å²) in [6.45, 7) is 7.17. The van der Waals surface area contributed by atoms with Crippen molar-refractivity contribution >= 4 is 22.9 Å². The van der Waals surface area contributed by atoms with E-state index in [1.54, 1.807) is 26.0 Å². The van der Waals surface area contributed by atoms with Gasteiger partial charge in [0.15, 0.2) is 12.2 Å². The lowest BCUT2D eigenvalue weighted by Crippen LogP contribution is -2.52. The molecule has 316 valence electrons. The second-order valence-electron chi connectivity index (χ2n) is 17.4. The van der Waals surface area contributed by atoms with E-state index in [0.29, 0.717) is 47.1 Å². The van der Waals surface area contributed by atoms with E-state index in [-0.39, 0.29) is 48.3 Å². The molecule has 0 fully saturated rings. The van der Waals surface area contributed by atoms with E-state index in [1.165, 1.54) is 23.8 Å². The summed E-state index contributed by atoms with van der Waals surface area (Å²) >= 11 is 0. The van der Waals surface area contributed by atoms with E-state index >= 15 is 0 Å². The lowest BCUT2D eigenvalue weighted by molar-refractivity contribution is -0.188. The van der Waals surface area contributed by atoms with E-state index in [2.05, 4.69) is 84.9 Å². The predicted molar refractivity (Wildman–Crippen MR) is 234 cm³/mol. The molecule has 4 heterocycles. The zero-order chi connectivity index (χ0) is 42.8. The van der Waals surface area contributed by atoms with Crippen molar-refractivity contribution in [1.82, 2.24) is 0 Å². The first-order valence-electron chi connectivity index (χ1n) is 21.3. The van der Waals surface area contributed by atoms with Gasteiger partial charge in [0.25, 0.3) is 0 Å². The van der Waals surface area contributed by atoms with Crippen LogP contribution >= 0.6 is 0 Å². The number of carbonyl (C=O) groups is 2. The highest BCUT2D eigenvalue weighted by Crippen LogP contribution is 2.49. The molecule has 9 rings (SSSR count). The average Bonchev–Trinajstić information content (AvgIpc) is 3.24. The van der Waals surface area contributed by atoms with E-state index in [1.807, 2.05) is 19.9 Å². The zero-order valence-electron chi connectivity index (χ0n) is 35.6. The molecule has 9 nitrogen and oxygen atoms in total. The molecule has 0 unspecified atom stereocenters. The molecule has 0 amide bonds. The molecule has 5 atom stereocenters. The molecule has 9 heteroatoms. The van der Waals surface area contributed by atoms with Crippen LogP contribution in [0.15, 0.2) is 124 Å². The highest BCUT2D eigenvalue weighted by atomic mass is 16.6. The van der Waals surface area contributed by atoms with Crippen molar-refractivity contribution in [1.29, 1.82) is 0 Å². The van der Waals surface area contributed by atoms with Gasteiger partial charge in [-0.1, -0.05) is 96.6 Å². The van der Waals surface area contributed by atoms with Crippen molar-refractivity contribution in [3.8, 4) is 5.75 Å². The summed E-state index contributed by atoms with van der Waals surface area (Å²) in [6.07, 6.45) is 5.05. The Morgan fingerprint density at radius 3 is 2.34 bits per heavy atom. The van der Waals surface area contributed by atoms with Crippen molar-refractivity contribution < 1.29 is 38.1 Å². The van der Waals surface area contributed by atoms with Crippen molar-refractivity contribution in [3.05, 3.63) is 169 Å². The first-order chi connectivity index (χ1) is 29.4. The number of hydrogen-bond acceptors (Lipinski definition) is 9. The maximum atomic E-state index is 14.7. The van der Waals surface area contributed by atoms with Crippen LogP contribution in [-0.4, -0.2) is 42.5 Å². The fourth-order valence-electron chi connectivity index (χ4n) is 9.44. The Labute approximate surface area is 357 Å². The molecule has 4 aromatic carbocycles. The maximum absolute atomic E-state index is 14.7. The summed E-state index contributed by atoms with van der Waals surface area (Å²) in [4.78, 5) is 42.7. The largest absolute Gasteiger partial charge is 0.483 e. The fraction of sp³-hybridized carbons (Fsp3) is 0.365. The third-order valence-electron chi connectivity index (χ3n) is 12.7. The van der Waals surface area contributed by atoms with E-state index in [0.717, 1.165) is 23.1 Å². The molecule has 1 N–H and O–H groups in total. The summed E-state index contributed by atoms with van der Waals surface area (Å²) < 4.78 is 30.9. The van der Waals surface area contributed by atoms with Crippen molar-refractivity contribution in [2.45, 2.75) is 102 Å². The summed E-state index contributed by atoms with van der Waals surface area (Å²) in [5.74, 6) is -0.833. The van der Waals surface area contributed by atoms with Crippen LogP contribution in [-0.2, 0) is 49.7 Å². The number of aryl methyl sites for hydroxylation is 1. The minimum Gasteiger partial charge on any atom is -0.483 e. The van der Waals surface area contributed by atoms with Crippen molar-refractivity contribution in [2.24, 2.45) is 5.92 Å². The Kier molecular flexibility index (Phi) is 12.2. The van der Waals surface area contributed by atoms with Crippen LogP contribution < -0.4 is 10.4 Å². The number of esters is 2. The number of allylic oxidation sites excluding steroid dienone is 3. The third-order valence-corrected chi connectivity index (χ3v) is 12.7. The highest BCUT2D eigenvalue weighted by molar-refractivity contribution is 5.90. The zero-order valence-corrected chi connectivity index (χ0v) is 35.6. The van der Waals surface area contributed by atoms with Gasteiger partial charge in [-0.05, 0) is 105 Å². The number of methoxy groups -OCH3 is 1. The summed E-state index contributed by atoms with van der Waals surface area (Å²) in [5.41, 5.74) is 6.41. The lowest BCUT2D eigenvalue weighted by Gasteiger charge is -2.43. The monoisotopic (exact) mass is 822 g/mol. The quantitative estimate of drug-likeness (QED) is 0.0741. The van der Waals surface area contributed by atoms with Gasteiger partial charge >= 0.3 is 17.6 Å². The van der Waals surface area contributed by atoms with Gasteiger partial charge in [0, 0.05) is 48.3 Å². The molecular weight excluding hydrogens is 769 g/mol. The van der Waals surface area contributed by atoms with E-state index < -0.39 is 42.0 Å². The number of rotatable bonds is 7. The third kappa shape index (κ3) is 8.72. The van der Waals surface area contributed by atoms with Gasteiger partial charge in [-0.2, -0.15) is 0 Å². The molecule has 4 aliphatic rings. The van der Waals surface area contributed by atoms with Gasteiger partial charge in [-0.3, -0.25) is 4.79 Å². The molecule has 0 spiro atoms. The van der Waals surface area contributed by atoms with E-state index in [9.17, 15) is 19.5 Å². The van der Waals surface area contributed by atoms with Crippen molar-refractivity contribution in [3.63, 3.8) is 0 Å². The summed E-state index contributed by atoms with van der Waals surface area (Å²) in [5, 5.41) is 11.1. The Morgan fingerprint density at radius 2 is 1.61 bits per heavy atom. The maximum Gasteiger partial charge on any atom is 0.339 e. The molecule has 0 saturated heterocycles. The first kappa shape index (κ1) is 41.9.